The number of imidazole rings is 1. The number of rotatable bonds is 2. The smallest absolute Gasteiger partial charge is 0.111 e. The number of nitrogens with zero attached hydrogens (tertiary/aromatic N) is 1. The first-order chi connectivity index (χ1) is 8.70. The minimum atomic E-state index is 0.722. The number of aromatic nitrogens is 2. The summed E-state index contributed by atoms with van der Waals surface area (Å²) in [7, 11) is 0. The van der Waals surface area contributed by atoms with Gasteiger partial charge in [-0.2, -0.15) is 0 Å². The molecule has 2 aromatic carbocycles. The molecular formula is C14H10BrClN2. The zero-order valence-corrected chi connectivity index (χ0v) is 11.8. The Morgan fingerprint density at radius 2 is 2.06 bits per heavy atom. The fourth-order valence-electron chi connectivity index (χ4n) is 1.96. The van der Waals surface area contributed by atoms with Crippen molar-refractivity contribution in [1.82, 2.24) is 9.97 Å². The average Bonchev–Trinajstić information content (AvgIpc) is 2.70. The van der Waals surface area contributed by atoms with Gasteiger partial charge in [0.25, 0.3) is 0 Å². The molecule has 0 aliphatic rings. The number of nitrogens with one attached hydrogen (secondary N) is 1. The first kappa shape index (κ1) is 11.8. The van der Waals surface area contributed by atoms with Gasteiger partial charge in [-0.15, -0.1) is 0 Å². The van der Waals surface area contributed by atoms with Crippen LogP contribution in [0.3, 0.4) is 0 Å². The molecule has 0 aliphatic heterocycles. The maximum Gasteiger partial charge on any atom is 0.111 e. The molecule has 0 aliphatic carbocycles. The highest BCUT2D eigenvalue weighted by molar-refractivity contribution is 9.10. The van der Waals surface area contributed by atoms with E-state index in [2.05, 4.69) is 38.0 Å². The van der Waals surface area contributed by atoms with Crippen molar-refractivity contribution >= 4 is 38.6 Å². The van der Waals surface area contributed by atoms with Crippen LogP contribution < -0.4 is 0 Å². The second kappa shape index (κ2) is 4.75. The minimum Gasteiger partial charge on any atom is -0.342 e. The fraction of sp³-hybridized carbons (Fsp3) is 0.0714. The van der Waals surface area contributed by atoms with Crippen LogP contribution in [0, 0.1) is 0 Å². The molecule has 0 bridgehead atoms. The van der Waals surface area contributed by atoms with Crippen LogP contribution in [0.25, 0.3) is 11.0 Å². The molecule has 0 saturated carbocycles. The van der Waals surface area contributed by atoms with E-state index in [0.717, 1.165) is 32.8 Å². The molecule has 0 saturated heterocycles. The largest absolute Gasteiger partial charge is 0.342 e. The van der Waals surface area contributed by atoms with Crippen molar-refractivity contribution in [3.8, 4) is 0 Å². The van der Waals surface area contributed by atoms with Gasteiger partial charge >= 0.3 is 0 Å². The van der Waals surface area contributed by atoms with Crippen molar-refractivity contribution in [2.75, 3.05) is 0 Å². The molecule has 1 aromatic heterocycles. The van der Waals surface area contributed by atoms with E-state index in [1.807, 2.05) is 30.3 Å². The first-order valence-corrected chi connectivity index (χ1v) is 6.76. The van der Waals surface area contributed by atoms with Gasteiger partial charge in [0.05, 0.1) is 11.0 Å². The van der Waals surface area contributed by atoms with Crippen LogP contribution in [0.2, 0.25) is 5.02 Å². The summed E-state index contributed by atoms with van der Waals surface area (Å²) in [5.41, 5.74) is 3.14. The van der Waals surface area contributed by atoms with Crippen molar-refractivity contribution in [1.29, 1.82) is 0 Å². The third kappa shape index (κ3) is 2.42. The maximum atomic E-state index is 5.95. The summed E-state index contributed by atoms with van der Waals surface area (Å²) < 4.78 is 1.08. The average molecular weight is 322 g/mol. The van der Waals surface area contributed by atoms with Gasteiger partial charge < -0.3 is 4.98 Å². The Balaban J connectivity index is 1.95. The Morgan fingerprint density at radius 1 is 1.17 bits per heavy atom. The molecule has 1 heterocycles. The summed E-state index contributed by atoms with van der Waals surface area (Å²) in [5, 5.41) is 0.722. The summed E-state index contributed by atoms with van der Waals surface area (Å²) in [6.45, 7) is 0. The predicted octanol–water partition coefficient (Wildman–Crippen LogP) is 4.57. The number of fused-ring (bicyclic) bond motifs is 1. The van der Waals surface area contributed by atoms with Gasteiger partial charge in [0, 0.05) is 15.9 Å². The van der Waals surface area contributed by atoms with E-state index in [-0.39, 0.29) is 0 Å². The molecule has 0 radical (unpaired) electrons. The molecule has 3 rings (SSSR count). The SMILES string of the molecule is Clc1ccc2nc(Cc3cccc(Br)c3)[nH]c2c1. The molecule has 3 aromatic rings. The molecule has 1 N–H and O–H groups in total. The van der Waals surface area contributed by atoms with Crippen LogP contribution >= 0.6 is 27.5 Å². The molecule has 0 unspecified atom stereocenters. The van der Waals surface area contributed by atoms with Gasteiger partial charge in [-0.05, 0) is 35.9 Å². The van der Waals surface area contributed by atoms with Crippen LogP contribution in [0.15, 0.2) is 46.9 Å². The second-order valence-corrected chi connectivity index (χ2v) is 5.50. The Hall–Kier alpha value is -1.32. The minimum absolute atomic E-state index is 0.722. The third-order valence-electron chi connectivity index (χ3n) is 2.75. The molecule has 4 heteroatoms. The van der Waals surface area contributed by atoms with Crippen molar-refractivity contribution in [2.24, 2.45) is 0 Å². The molecule has 0 amide bonds. The number of hydrogen-bond donors (Lipinski definition) is 1. The topological polar surface area (TPSA) is 28.7 Å². The normalized spacial score (nSPS) is 11.0. The quantitative estimate of drug-likeness (QED) is 0.736. The lowest BCUT2D eigenvalue weighted by Crippen LogP contribution is -1.90. The highest BCUT2D eigenvalue weighted by Gasteiger charge is 2.04. The molecule has 0 atom stereocenters. The van der Waals surface area contributed by atoms with E-state index < -0.39 is 0 Å². The predicted molar refractivity (Wildman–Crippen MR) is 78.1 cm³/mol. The van der Waals surface area contributed by atoms with E-state index in [9.17, 15) is 0 Å². The van der Waals surface area contributed by atoms with Crippen molar-refractivity contribution in [2.45, 2.75) is 6.42 Å². The Kier molecular flexibility index (Phi) is 3.10. The van der Waals surface area contributed by atoms with E-state index >= 15 is 0 Å². The van der Waals surface area contributed by atoms with Crippen LogP contribution in [-0.2, 0) is 6.42 Å². The van der Waals surface area contributed by atoms with Crippen LogP contribution in [0.1, 0.15) is 11.4 Å². The molecule has 18 heavy (non-hydrogen) atoms. The van der Waals surface area contributed by atoms with E-state index in [1.54, 1.807) is 0 Å². The molecule has 0 fully saturated rings. The van der Waals surface area contributed by atoms with Crippen molar-refractivity contribution in [3.63, 3.8) is 0 Å². The summed E-state index contributed by atoms with van der Waals surface area (Å²) in [6, 6.07) is 13.9. The van der Waals surface area contributed by atoms with Gasteiger partial charge in [0.2, 0.25) is 0 Å². The second-order valence-electron chi connectivity index (χ2n) is 4.15. The number of benzene rings is 2. The van der Waals surface area contributed by atoms with E-state index in [1.165, 1.54) is 5.56 Å². The number of aromatic amines is 1. The van der Waals surface area contributed by atoms with E-state index in [0.29, 0.717) is 0 Å². The third-order valence-corrected chi connectivity index (χ3v) is 3.48. The molecule has 90 valence electrons. The number of H-pyrrole nitrogens is 1. The fourth-order valence-corrected chi connectivity index (χ4v) is 2.58. The zero-order valence-electron chi connectivity index (χ0n) is 9.45. The molecular weight excluding hydrogens is 312 g/mol. The lowest BCUT2D eigenvalue weighted by molar-refractivity contribution is 1.04. The van der Waals surface area contributed by atoms with Crippen LogP contribution in [0.5, 0.6) is 0 Å². The summed E-state index contributed by atoms with van der Waals surface area (Å²) >= 11 is 9.43. The number of hydrogen-bond acceptors (Lipinski definition) is 1. The highest BCUT2D eigenvalue weighted by atomic mass is 79.9. The van der Waals surface area contributed by atoms with Crippen molar-refractivity contribution < 1.29 is 0 Å². The number of halogens is 2. The lowest BCUT2D eigenvalue weighted by Gasteiger charge is -1.98. The van der Waals surface area contributed by atoms with Crippen LogP contribution in [-0.4, -0.2) is 9.97 Å². The maximum absolute atomic E-state index is 5.95. The first-order valence-electron chi connectivity index (χ1n) is 5.59. The standard InChI is InChI=1S/C14H10BrClN2/c15-10-3-1-2-9(6-10)7-14-17-12-5-4-11(16)8-13(12)18-14/h1-6,8H,7H2,(H,17,18). The summed E-state index contributed by atoms with van der Waals surface area (Å²) in [4.78, 5) is 7.84. The Labute approximate surface area is 118 Å². The highest BCUT2D eigenvalue weighted by Crippen LogP contribution is 2.19. The van der Waals surface area contributed by atoms with Gasteiger partial charge in [-0.25, -0.2) is 4.98 Å². The Bertz CT molecular complexity index is 706. The van der Waals surface area contributed by atoms with Gasteiger partial charge in [-0.1, -0.05) is 39.7 Å². The van der Waals surface area contributed by atoms with Crippen molar-refractivity contribution in [3.05, 3.63) is 63.3 Å². The lowest BCUT2D eigenvalue weighted by atomic mass is 10.1. The summed E-state index contributed by atoms with van der Waals surface area (Å²) in [5.74, 6) is 0.949. The monoisotopic (exact) mass is 320 g/mol. The van der Waals surface area contributed by atoms with Gasteiger partial charge in [0.15, 0.2) is 0 Å². The van der Waals surface area contributed by atoms with E-state index in [4.69, 9.17) is 11.6 Å². The Morgan fingerprint density at radius 3 is 2.89 bits per heavy atom. The summed E-state index contributed by atoms with van der Waals surface area (Å²) in [6.07, 6.45) is 0.783. The van der Waals surface area contributed by atoms with Crippen LogP contribution in [0.4, 0.5) is 0 Å². The molecule has 2 nitrogen and oxygen atoms in total. The van der Waals surface area contributed by atoms with Gasteiger partial charge in [0.1, 0.15) is 5.82 Å². The van der Waals surface area contributed by atoms with Gasteiger partial charge in [-0.3, -0.25) is 0 Å². The zero-order chi connectivity index (χ0) is 12.5. The molecule has 0 spiro atoms.